The van der Waals surface area contributed by atoms with Gasteiger partial charge in [-0.3, -0.25) is 4.79 Å². The molecule has 3 rings (SSSR count). The minimum atomic E-state index is 0.0889. The van der Waals surface area contributed by atoms with Crippen LogP contribution in [0.3, 0.4) is 0 Å². The third kappa shape index (κ3) is 2.88. The molecule has 0 saturated carbocycles. The summed E-state index contributed by atoms with van der Waals surface area (Å²) in [5.74, 6) is 0.957. The molecule has 1 aromatic heterocycles. The van der Waals surface area contributed by atoms with Crippen molar-refractivity contribution in [2.24, 2.45) is 0 Å². The van der Waals surface area contributed by atoms with Crippen molar-refractivity contribution in [3.63, 3.8) is 0 Å². The Hall–Kier alpha value is -1.81. The Balaban J connectivity index is 1.78. The SMILES string of the molecule is Cc1noc(C)c1C1CCCN1C(=O)Cc1ccc(Cl)cc1. The number of benzene rings is 1. The summed E-state index contributed by atoms with van der Waals surface area (Å²) in [6, 6.07) is 7.54. The van der Waals surface area contributed by atoms with Crippen LogP contribution in [0.25, 0.3) is 0 Å². The lowest BCUT2D eigenvalue weighted by Gasteiger charge is -2.25. The van der Waals surface area contributed by atoms with Gasteiger partial charge in [0.2, 0.25) is 5.91 Å². The van der Waals surface area contributed by atoms with Gasteiger partial charge in [0.25, 0.3) is 0 Å². The van der Waals surface area contributed by atoms with Gasteiger partial charge in [0.05, 0.1) is 18.2 Å². The number of likely N-dealkylation sites (tertiary alicyclic amines) is 1. The summed E-state index contributed by atoms with van der Waals surface area (Å²) < 4.78 is 5.26. The van der Waals surface area contributed by atoms with Crippen molar-refractivity contribution in [3.8, 4) is 0 Å². The number of amides is 1. The molecule has 2 heterocycles. The van der Waals surface area contributed by atoms with Crippen LogP contribution in [0.15, 0.2) is 28.8 Å². The van der Waals surface area contributed by atoms with Crippen molar-refractivity contribution in [2.75, 3.05) is 6.54 Å². The van der Waals surface area contributed by atoms with Gasteiger partial charge < -0.3 is 9.42 Å². The molecule has 1 atom stereocenters. The van der Waals surface area contributed by atoms with Crippen LogP contribution in [-0.2, 0) is 11.2 Å². The minimum Gasteiger partial charge on any atom is -0.361 e. The molecule has 1 aromatic carbocycles. The molecule has 0 aliphatic carbocycles. The summed E-state index contributed by atoms with van der Waals surface area (Å²) in [7, 11) is 0. The van der Waals surface area contributed by atoms with Gasteiger partial charge in [0, 0.05) is 17.1 Å². The Labute approximate surface area is 135 Å². The number of rotatable bonds is 3. The van der Waals surface area contributed by atoms with Gasteiger partial charge >= 0.3 is 0 Å². The maximum absolute atomic E-state index is 12.7. The quantitative estimate of drug-likeness (QED) is 0.863. The molecule has 0 spiro atoms. The molecule has 1 unspecified atom stereocenters. The second kappa shape index (κ2) is 6.13. The number of aromatic nitrogens is 1. The lowest BCUT2D eigenvalue weighted by atomic mass is 10.0. The minimum absolute atomic E-state index is 0.0889. The third-order valence-corrected chi connectivity index (χ3v) is 4.52. The first-order valence-corrected chi connectivity index (χ1v) is 7.90. The average molecular weight is 319 g/mol. The predicted octanol–water partition coefficient (Wildman–Crippen LogP) is 3.85. The van der Waals surface area contributed by atoms with E-state index in [2.05, 4.69) is 5.16 Å². The largest absolute Gasteiger partial charge is 0.361 e. The highest BCUT2D eigenvalue weighted by molar-refractivity contribution is 6.30. The number of aryl methyl sites for hydroxylation is 2. The lowest BCUT2D eigenvalue weighted by molar-refractivity contribution is -0.131. The van der Waals surface area contributed by atoms with E-state index in [1.54, 1.807) is 0 Å². The standard InChI is InChI=1S/C17H19ClN2O2/c1-11-17(12(2)22-19-11)15-4-3-9-20(15)16(21)10-13-5-7-14(18)8-6-13/h5-8,15H,3-4,9-10H2,1-2H3. The fourth-order valence-electron chi connectivity index (χ4n) is 3.21. The first kappa shape index (κ1) is 15.1. The van der Waals surface area contributed by atoms with Crippen molar-refractivity contribution in [3.05, 3.63) is 51.9 Å². The van der Waals surface area contributed by atoms with E-state index in [0.29, 0.717) is 11.4 Å². The summed E-state index contributed by atoms with van der Waals surface area (Å²) in [6.07, 6.45) is 2.38. The van der Waals surface area contributed by atoms with Crippen LogP contribution >= 0.6 is 11.6 Å². The second-order valence-electron chi connectivity index (χ2n) is 5.79. The van der Waals surface area contributed by atoms with Crippen molar-refractivity contribution < 1.29 is 9.32 Å². The Morgan fingerprint density at radius 1 is 1.36 bits per heavy atom. The van der Waals surface area contributed by atoms with Gasteiger partial charge in [-0.15, -0.1) is 0 Å². The molecule has 1 aliphatic heterocycles. The molecule has 1 fully saturated rings. The summed E-state index contributed by atoms with van der Waals surface area (Å²) in [6.45, 7) is 4.64. The van der Waals surface area contributed by atoms with Crippen LogP contribution in [0.4, 0.5) is 0 Å². The second-order valence-corrected chi connectivity index (χ2v) is 6.22. The zero-order valence-electron chi connectivity index (χ0n) is 12.8. The molecular formula is C17H19ClN2O2. The van der Waals surface area contributed by atoms with Gasteiger partial charge in [-0.2, -0.15) is 0 Å². The number of hydrogen-bond acceptors (Lipinski definition) is 3. The summed E-state index contributed by atoms with van der Waals surface area (Å²) in [5.41, 5.74) is 2.94. The molecule has 0 radical (unpaired) electrons. The van der Waals surface area contributed by atoms with Crippen LogP contribution in [0.2, 0.25) is 5.02 Å². The topological polar surface area (TPSA) is 46.3 Å². The Morgan fingerprint density at radius 2 is 2.09 bits per heavy atom. The van der Waals surface area contributed by atoms with Crippen molar-refractivity contribution in [1.82, 2.24) is 10.1 Å². The molecule has 5 heteroatoms. The molecule has 4 nitrogen and oxygen atoms in total. The van der Waals surface area contributed by atoms with Crippen molar-refractivity contribution >= 4 is 17.5 Å². The predicted molar refractivity (Wildman–Crippen MR) is 84.8 cm³/mol. The maximum atomic E-state index is 12.7. The number of nitrogens with zero attached hydrogens (tertiary/aromatic N) is 2. The summed E-state index contributed by atoms with van der Waals surface area (Å²) in [5, 5.41) is 4.71. The molecule has 1 aliphatic rings. The van der Waals surface area contributed by atoms with Crippen molar-refractivity contribution in [1.29, 1.82) is 0 Å². The number of carbonyl (C=O) groups is 1. The van der Waals surface area contributed by atoms with E-state index in [-0.39, 0.29) is 11.9 Å². The fourth-order valence-corrected chi connectivity index (χ4v) is 3.34. The Bertz CT molecular complexity index is 659. The number of halogens is 1. The van der Waals surface area contributed by atoms with Crippen LogP contribution < -0.4 is 0 Å². The molecule has 2 aromatic rings. The Morgan fingerprint density at radius 3 is 2.73 bits per heavy atom. The number of hydrogen-bond donors (Lipinski definition) is 0. The molecule has 0 N–H and O–H groups in total. The van der Waals surface area contributed by atoms with Gasteiger partial charge in [-0.05, 0) is 44.4 Å². The van der Waals surface area contributed by atoms with E-state index in [1.807, 2.05) is 43.0 Å². The zero-order chi connectivity index (χ0) is 15.7. The summed E-state index contributed by atoms with van der Waals surface area (Å²) >= 11 is 5.89. The lowest BCUT2D eigenvalue weighted by Crippen LogP contribution is -2.32. The number of carbonyl (C=O) groups excluding carboxylic acids is 1. The average Bonchev–Trinajstić information content (AvgIpc) is 3.08. The van der Waals surface area contributed by atoms with E-state index in [1.165, 1.54) is 0 Å². The van der Waals surface area contributed by atoms with Gasteiger partial charge in [-0.1, -0.05) is 28.9 Å². The Kier molecular flexibility index (Phi) is 4.21. The molecule has 1 saturated heterocycles. The molecule has 1 amide bonds. The zero-order valence-corrected chi connectivity index (χ0v) is 13.6. The van der Waals surface area contributed by atoms with E-state index < -0.39 is 0 Å². The molecule has 22 heavy (non-hydrogen) atoms. The van der Waals surface area contributed by atoms with E-state index >= 15 is 0 Å². The maximum Gasteiger partial charge on any atom is 0.227 e. The smallest absolute Gasteiger partial charge is 0.227 e. The fraction of sp³-hybridized carbons (Fsp3) is 0.412. The monoisotopic (exact) mass is 318 g/mol. The van der Waals surface area contributed by atoms with Gasteiger partial charge in [0.1, 0.15) is 5.76 Å². The van der Waals surface area contributed by atoms with Crippen LogP contribution in [0.1, 0.15) is 41.5 Å². The highest BCUT2D eigenvalue weighted by Crippen LogP contribution is 2.35. The van der Waals surface area contributed by atoms with E-state index in [4.69, 9.17) is 16.1 Å². The van der Waals surface area contributed by atoms with Gasteiger partial charge in [0.15, 0.2) is 0 Å². The molecule has 116 valence electrons. The first-order chi connectivity index (χ1) is 10.6. The highest BCUT2D eigenvalue weighted by atomic mass is 35.5. The van der Waals surface area contributed by atoms with E-state index in [0.717, 1.165) is 42.0 Å². The third-order valence-electron chi connectivity index (χ3n) is 4.26. The van der Waals surface area contributed by atoms with Gasteiger partial charge in [-0.25, -0.2) is 0 Å². The first-order valence-electron chi connectivity index (χ1n) is 7.53. The summed E-state index contributed by atoms with van der Waals surface area (Å²) in [4.78, 5) is 14.6. The van der Waals surface area contributed by atoms with Crippen LogP contribution in [0.5, 0.6) is 0 Å². The van der Waals surface area contributed by atoms with E-state index in [9.17, 15) is 4.79 Å². The molecular weight excluding hydrogens is 300 g/mol. The van der Waals surface area contributed by atoms with Crippen LogP contribution in [-0.4, -0.2) is 22.5 Å². The van der Waals surface area contributed by atoms with Crippen molar-refractivity contribution in [2.45, 2.75) is 39.2 Å². The normalized spacial score (nSPS) is 18.0. The highest BCUT2D eigenvalue weighted by Gasteiger charge is 2.33. The molecule has 0 bridgehead atoms. The van der Waals surface area contributed by atoms with Crippen LogP contribution in [0, 0.1) is 13.8 Å².